The number of carbonyl (C=O) groups is 4. The Bertz CT molecular complexity index is 1180. The summed E-state index contributed by atoms with van der Waals surface area (Å²) in [5.41, 5.74) is 4.01. The summed E-state index contributed by atoms with van der Waals surface area (Å²) < 4.78 is 0. The summed E-state index contributed by atoms with van der Waals surface area (Å²) in [5.74, 6) is -1.94. The summed E-state index contributed by atoms with van der Waals surface area (Å²) in [6.45, 7) is 1.03. The molecular formula is C26H27N3O5. The molecule has 0 atom stereocenters. The van der Waals surface area contributed by atoms with Crippen LogP contribution in [-0.2, 0) is 9.59 Å². The molecule has 1 heterocycles. The van der Waals surface area contributed by atoms with Gasteiger partial charge in [-0.3, -0.25) is 19.2 Å². The first-order chi connectivity index (χ1) is 16.3. The van der Waals surface area contributed by atoms with E-state index >= 15 is 0 Å². The molecule has 0 radical (unpaired) electrons. The molecule has 1 saturated carbocycles. The zero-order chi connectivity index (χ0) is 24.2. The molecule has 8 nitrogen and oxygen atoms in total. The summed E-state index contributed by atoms with van der Waals surface area (Å²) in [5, 5.41) is 17.6. The van der Waals surface area contributed by atoms with Gasteiger partial charge in [-0.2, -0.15) is 0 Å². The second-order valence-electron chi connectivity index (χ2n) is 8.65. The summed E-state index contributed by atoms with van der Waals surface area (Å²) in [6, 6.07) is 12.1. The number of carbonyl (C=O) groups excluding carboxylic acids is 3. The second kappa shape index (κ2) is 9.91. The van der Waals surface area contributed by atoms with Crippen molar-refractivity contribution in [1.29, 1.82) is 0 Å². The van der Waals surface area contributed by atoms with Gasteiger partial charge in [0.2, 0.25) is 0 Å². The molecule has 2 aromatic carbocycles. The van der Waals surface area contributed by atoms with Crippen LogP contribution in [0.2, 0.25) is 0 Å². The van der Waals surface area contributed by atoms with Crippen molar-refractivity contribution in [2.24, 2.45) is 0 Å². The number of Topliss-reactive ketones (excluding diaryl/α,β-unsaturated/α-hetero) is 1. The van der Waals surface area contributed by atoms with Crippen molar-refractivity contribution in [2.75, 3.05) is 11.9 Å². The van der Waals surface area contributed by atoms with E-state index in [1.54, 1.807) is 42.5 Å². The van der Waals surface area contributed by atoms with Crippen LogP contribution < -0.4 is 16.0 Å². The Kier molecular flexibility index (Phi) is 6.77. The molecule has 2 aliphatic rings. The molecule has 4 rings (SSSR count). The molecule has 0 unspecified atom stereocenters. The number of aliphatic carboxylic acids is 1. The van der Waals surface area contributed by atoms with Crippen LogP contribution in [0.15, 0.2) is 42.5 Å². The quantitative estimate of drug-likeness (QED) is 0.370. The third-order valence-corrected chi connectivity index (χ3v) is 6.21. The average Bonchev–Trinajstić information content (AvgIpc) is 3.16. The molecule has 8 heteroatoms. The van der Waals surface area contributed by atoms with Gasteiger partial charge in [0.25, 0.3) is 11.8 Å². The van der Waals surface area contributed by atoms with E-state index in [4.69, 9.17) is 5.11 Å². The van der Waals surface area contributed by atoms with Gasteiger partial charge < -0.3 is 21.1 Å². The third-order valence-electron chi connectivity index (χ3n) is 6.21. The van der Waals surface area contributed by atoms with Crippen molar-refractivity contribution in [3.63, 3.8) is 0 Å². The van der Waals surface area contributed by atoms with Crippen molar-refractivity contribution >= 4 is 40.5 Å². The lowest BCUT2D eigenvalue weighted by molar-refractivity contribution is -0.135. The summed E-state index contributed by atoms with van der Waals surface area (Å²) >= 11 is 0. The lowest BCUT2D eigenvalue weighted by Crippen LogP contribution is -2.31. The molecule has 0 spiro atoms. The van der Waals surface area contributed by atoms with E-state index in [-0.39, 0.29) is 17.7 Å². The van der Waals surface area contributed by atoms with Crippen LogP contribution in [0.4, 0.5) is 5.69 Å². The van der Waals surface area contributed by atoms with Crippen LogP contribution in [0.5, 0.6) is 0 Å². The number of hydrogen-bond acceptors (Lipinski definition) is 5. The van der Waals surface area contributed by atoms with Crippen LogP contribution in [-0.4, -0.2) is 41.3 Å². The molecule has 4 N–H and O–H groups in total. The first-order valence-corrected chi connectivity index (χ1v) is 11.4. The molecule has 34 heavy (non-hydrogen) atoms. The molecule has 2 aromatic rings. The number of amides is 2. The van der Waals surface area contributed by atoms with Crippen molar-refractivity contribution in [2.45, 2.75) is 45.1 Å². The zero-order valence-corrected chi connectivity index (χ0v) is 18.9. The normalized spacial score (nSPS) is 16.9. The Morgan fingerprint density at radius 3 is 2.26 bits per heavy atom. The molecular weight excluding hydrogens is 434 g/mol. The van der Waals surface area contributed by atoms with Crippen molar-refractivity contribution in [3.05, 3.63) is 64.7 Å². The lowest BCUT2D eigenvalue weighted by Gasteiger charge is -2.26. The van der Waals surface area contributed by atoms with Crippen molar-refractivity contribution < 1.29 is 24.3 Å². The zero-order valence-electron chi connectivity index (χ0n) is 18.9. The van der Waals surface area contributed by atoms with E-state index in [2.05, 4.69) is 16.0 Å². The van der Waals surface area contributed by atoms with E-state index < -0.39 is 18.4 Å². The number of hydrogen-bond donors (Lipinski definition) is 4. The highest BCUT2D eigenvalue weighted by molar-refractivity contribution is 6.36. The molecule has 176 valence electrons. The first kappa shape index (κ1) is 23.2. The molecule has 1 aliphatic carbocycles. The van der Waals surface area contributed by atoms with Crippen molar-refractivity contribution in [1.82, 2.24) is 10.6 Å². The minimum atomic E-state index is -1.12. The maximum atomic E-state index is 13.1. The molecule has 1 fully saturated rings. The summed E-state index contributed by atoms with van der Waals surface area (Å²) in [4.78, 5) is 48.0. The van der Waals surface area contributed by atoms with Gasteiger partial charge in [0.05, 0.1) is 11.3 Å². The topological polar surface area (TPSA) is 125 Å². The first-order valence-electron chi connectivity index (χ1n) is 11.4. The molecule has 0 aromatic heterocycles. The maximum Gasteiger partial charge on any atom is 0.322 e. The number of ketones is 1. The largest absolute Gasteiger partial charge is 0.480 e. The average molecular weight is 462 g/mol. The molecule has 2 amide bonds. The number of fused-ring (bicyclic) bond motifs is 1. The Morgan fingerprint density at radius 2 is 1.62 bits per heavy atom. The van der Waals surface area contributed by atoms with Crippen LogP contribution in [0.3, 0.4) is 0 Å². The fourth-order valence-corrected chi connectivity index (χ4v) is 4.43. The predicted molar refractivity (Wildman–Crippen MR) is 128 cm³/mol. The minimum Gasteiger partial charge on any atom is -0.480 e. The fraction of sp³-hybridized carbons (Fsp3) is 0.308. The van der Waals surface area contributed by atoms with E-state index in [9.17, 15) is 19.2 Å². The number of anilines is 1. The standard InChI is InChI=1S/C26H27N3O5/c1-15(30)18-11-12-21-20(13-18)23(26(34)29-21)24(28-19-5-3-2-4-6-19)16-7-9-17(10-8-16)25(33)27-14-22(31)32/h7-13,19,28H,2-6,14H2,1H3,(H,27,33)(H,29,34)(H,31,32)/b24-23-. The number of rotatable bonds is 7. The second-order valence-corrected chi connectivity index (χ2v) is 8.65. The monoisotopic (exact) mass is 461 g/mol. The van der Waals surface area contributed by atoms with E-state index in [0.29, 0.717) is 33.6 Å². The van der Waals surface area contributed by atoms with E-state index in [0.717, 1.165) is 31.2 Å². The van der Waals surface area contributed by atoms with Crippen LogP contribution >= 0.6 is 0 Å². The molecule has 0 saturated heterocycles. The molecule has 1 aliphatic heterocycles. The Morgan fingerprint density at radius 1 is 0.971 bits per heavy atom. The van der Waals surface area contributed by atoms with Gasteiger partial charge in [0.1, 0.15) is 6.54 Å². The minimum absolute atomic E-state index is 0.0833. The van der Waals surface area contributed by atoms with Crippen LogP contribution in [0, 0.1) is 0 Å². The highest BCUT2D eigenvalue weighted by atomic mass is 16.4. The number of benzene rings is 2. The SMILES string of the molecule is CC(=O)c1ccc2c(c1)/C(=C(/NC1CCCCC1)c1ccc(C(=O)NCC(=O)O)cc1)C(=O)N2. The highest BCUT2D eigenvalue weighted by Crippen LogP contribution is 2.37. The third kappa shape index (κ3) is 5.01. The van der Waals surface area contributed by atoms with Gasteiger partial charge in [-0.25, -0.2) is 0 Å². The number of carboxylic acids is 1. The van der Waals surface area contributed by atoms with Gasteiger partial charge in [0.15, 0.2) is 5.78 Å². The highest BCUT2D eigenvalue weighted by Gasteiger charge is 2.30. The van der Waals surface area contributed by atoms with Crippen molar-refractivity contribution in [3.8, 4) is 0 Å². The van der Waals surface area contributed by atoms with Gasteiger partial charge in [-0.15, -0.1) is 0 Å². The Balaban J connectivity index is 1.75. The van der Waals surface area contributed by atoms with E-state index in [1.165, 1.54) is 13.3 Å². The number of nitrogens with one attached hydrogen (secondary N) is 3. The summed E-state index contributed by atoms with van der Waals surface area (Å²) in [6.07, 6.45) is 5.40. The fourth-order valence-electron chi connectivity index (χ4n) is 4.43. The molecule has 0 bridgehead atoms. The summed E-state index contributed by atoms with van der Waals surface area (Å²) in [7, 11) is 0. The maximum absolute atomic E-state index is 13.1. The van der Waals surface area contributed by atoms with Gasteiger partial charge >= 0.3 is 5.97 Å². The smallest absolute Gasteiger partial charge is 0.322 e. The Hall–Kier alpha value is -3.94. The number of carboxylic acid groups (broad SMARTS) is 1. The predicted octanol–water partition coefficient (Wildman–Crippen LogP) is 3.45. The van der Waals surface area contributed by atoms with Gasteiger partial charge in [-0.1, -0.05) is 31.4 Å². The Labute approximate surface area is 197 Å². The lowest BCUT2D eigenvalue weighted by atomic mass is 9.92. The van der Waals surface area contributed by atoms with E-state index in [1.807, 2.05) is 0 Å². The van der Waals surface area contributed by atoms with Gasteiger partial charge in [0, 0.05) is 28.4 Å². The van der Waals surface area contributed by atoms with Crippen LogP contribution in [0.1, 0.15) is 70.9 Å². The van der Waals surface area contributed by atoms with Crippen LogP contribution in [0.25, 0.3) is 11.3 Å². The van der Waals surface area contributed by atoms with Gasteiger partial charge in [-0.05, 0) is 55.7 Å².